The summed E-state index contributed by atoms with van der Waals surface area (Å²) in [4.78, 5) is 23.9. The average Bonchev–Trinajstić information content (AvgIpc) is 2.98. The molecular formula is C21H13F26NaO7S. The molecule has 35 heteroatoms. The molecule has 0 rings (SSSR count). The summed E-state index contributed by atoms with van der Waals surface area (Å²) >= 11 is -0.446. The van der Waals surface area contributed by atoms with E-state index in [1.165, 1.54) is 0 Å². The van der Waals surface area contributed by atoms with E-state index in [0.29, 0.717) is 0 Å². The molecule has 328 valence electrons. The summed E-state index contributed by atoms with van der Waals surface area (Å²) in [6.45, 7) is -4.89. The van der Waals surface area contributed by atoms with Crippen molar-refractivity contribution in [3.05, 3.63) is 0 Å². The first-order valence-electron chi connectivity index (χ1n) is 12.8. The summed E-state index contributed by atoms with van der Waals surface area (Å²) in [6.07, 6.45) is -23.6. The Hall–Kier alpha value is -1.65. The van der Waals surface area contributed by atoms with Crippen molar-refractivity contribution in [1.82, 2.24) is 0 Å². The van der Waals surface area contributed by atoms with Crippen LogP contribution >= 0.6 is 12.0 Å². The zero-order valence-corrected chi connectivity index (χ0v) is 28.7. The molecular weight excluding hydrogens is 913 g/mol. The molecule has 0 aromatic rings. The Balaban J connectivity index is 0. The van der Waals surface area contributed by atoms with E-state index in [1.54, 1.807) is 0 Å². The maximum atomic E-state index is 13.9. The van der Waals surface area contributed by atoms with E-state index in [-0.39, 0.29) is 29.6 Å². The van der Waals surface area contributed by atoms with E-state index >= 15 is 0 Å². The van der Waals surface area contributed by atoms with Gasteiger partial charge >= 0.3 is 113 Å². The van der Waals surface area contributed by atoms with Gasteiger partial charge in [0.25, 0.3) is 0 Å². The van der Waals surface area contributed by atoms with E-state index in [9.17, 15) is 129 Å². The zero-order chi connectivity index (χ0) is 44.5. The van der Waals surface area contributed by atoms with Crippen LogP contribution in [0.15, 0.2) is 0 Å². The fourth-order valence-corrected chi connectivity index (χ4v) is 3.72. The molecule has 0 aliphatic carbocycles. The van der Waals surface area contributed by atoms with Gasteiger partial charge in [-0.1, -0.05) is 0 Å². The predicted molar refractivity (Wildman–Crippen MR) is 115 cm³/mol. The first-order chi connectivity index (χ1) is 23.9. The van der Waals surface area contributed by atoms with Crippen molar-refractivity contribution in [3.8, 4) is 0 Å². The molecule has 1 unspecified atom stereocenters. The largest absolute Gasteiger partial charge is 1.00 e. The number of carbonyl (C=O) groups is 2. The summed E-state index contributed by atoms with van der Waals surface area (Å²) in [6, 6.07) is 0. The van der Waals surface area contributed by atoms with Gasteiger partial charge in [-0.2, -0.15) is 118 Å². The SMILES string of the molecule is O=C(CC(CSOO[O-])C(=O)OCCC(F)(F)C(F)(F)C(F)(F)C(F)(F)C(F)(F)C(F)(F)F)OCCC(F)(F)C(F)(F)C(F)(F)C(F)(F)C(F)(F)C(F)(F)F.[Na+]. The van der Waals surface area contributed by atoms with Crippen LogP contribution in [0, 0.1) is 5.92 Å². The number of esters is 2. The standard InChI is InChI=1S/C21H14F26O7S.Na/c22-10(23,12(26,27)14(30,31)16(34,35)18(38,39)20(42,43)44)1-3-51-8(48)5-7(6-55-54-53-50)9(49)52-4-2-11(24,25)13(28,29)15(32,33)17(36,37)19(40,41)21(45,46)47;/h7,50H,1-6H2;/q;+1/p-1. The second kappa shape index (κ2) is 17.9. The van der Waals surface area contributed by atoms with E-state index in [1.807, 2.05) is 0 Å². The minimum atomic E-state index is -8.30. The normalized spacial score (nSPS) is 15.6. The van der Waals surface area contributed by atoms with E-state index in [2.05, 4.69) is 18.8 Å². The molecule has 7 nitrogen and oxygen atoms in total. The Bertz CT molecular complexity index is 1320. The van der Waals surface area contributed by atoms with Gasteiger partial charge in [0.2, 0.25) is 0 Å². The summed E-state index contributed by atoms with van der Waals surface area (Å²) in [5.74, 6) is -87.0. The molecule has 0 aromatic carbocycles. The second-order valence-electron chi connectivity index (χ2n) is 10.2. The first-order valence-corrected chi connectivity index (χ1v) is 13.7. The van der Waals surface area contributed by atoms with Gasteiger partial charge in [-0.15, -0.1) is 0 Å². The fraction of sp³-hybridized carbons (Fsp3) is 0.905. The van der Waals surface area contributed by atoms with Crippen molar-refractivity contribution in [2.45, 2.75) is 90.8 Å². The van der Waals surface area contributed by atoms with Gasteiger partial charge in [0.1, 0.15) is 0 Å². The van der Waals surface area contributed by atoms with Crippen LogP contribution in [0.2, 0.25) is 0 Å². The number of hydrogen-bond donors (Lipinski definition) is 0. The van der Waals surface area contributed by atoms with Crippen molar-refractivity contribution >= 4 is 24.0 Å². The molecule has 0 spiro atoms. The zero-order valence-electron chi connectivity index (χ0n) is 25.9. The van der Waals surface area contributed by atoms with Crippen molar-refractivity contribution in [3.63, 3.8) is 0 Å². The van der Waals surface area contributed by atoms with Gasteiger partial charge in [0, 0.05) is 17.8 Å². The summed E-state index contributed by atoms with van der Waals surface area (Å²) in [5, 5.41) is 12.5. The molecule has 0 aromatic heterocycles. The molecule has 0 bridgehead atoms. The molecule has 0 aliphatic heterocycles. The van der Waals surface area contributed by atoms with Crippen molar-refractivity contribution in [2.24, 2.45) is 5.92 Å². The third kappa shape index (κ3) is 10.4. The molecule has 0 N–H and O–H groups in total. The number of rotatable bonds is 21. The van der Waals surface area contributed by atoms with Crippen LogP contribution in [0.4, 0.5) is 114 Å². The van der Waals surface area contributed by atoms with Crippen LogP contribution in [0.25, 0.3) is 0 Å². The Morgan fingerprint density at radius 3 is 1.09 bits per heavy atom. The molecule has 0 saturated heterocycles. The van der Waals surface area contributed by atoms with Gasteiger partial charge in [-0.25, -0.2) is 0 Å². The molecule has 56 heavy (non-hydrogen) atoms. The van der Waals surface area contributed by atoms with Gasteiger partial charge in [0.05, 0.1) is 38.4 Å². The predicted octanol–water partition coefficient (Wildman–Crippen LogP) is 5.21. The summed E-state index contributed by atoms with van der Waals surface area (Å²) in [7, 11) is 0. The minimum absolute atomic E-state index is 0. The Morgan fingerprint density at radius 2 is 0.786 bits per heavy atom. The molecule has 0 radical (unpaired) electrons. The average molecular weight is 926 g/mol. The van der Waals surface area contributed by atoms with Gasteiger partial charge in [-0.3, -0.25) is 14.6 Å². The molecule has 0 amide bonds. The number of alkyl halides is 26. The Morgan fingerprint density at radius 1 is 0.482 bits per heavy atom. The first kappa shape index (κ1) is 56.4. The topological polar surface area (TPSA) is 94.1 Å². The van der Waals surface area contributed by atoms with Gasteiger partial charge in [-0.05, 0) is 0 Å². The smallest absolute Gasteiger partial charge is 0.691 e. The van der Waals surface area contributed by atoms with E-state index in [4.69, 9.17) is 0 Å². The van der Waals surface area contributed by atoms with E-state index < -0.39 is 140 Å². The second-order valence-corrected chi connectivity index (χ2v) is 10.9. The minimum Gasteiger partial charge on any atom is -0.691 e. The van der Waals surface area contributed by atoms with Crippen molar-refractivity contribution in [2.75, 3.05) is 19.0 Å². The third-order valence-corrected chi connectivity index (χ3v) is 7.12. The van der Waals surface area contributed by atoms with Gasteiger partial charge in [0.15, 0.2) is 0 Å². The summed E-state index contributed by atoms with van der Waals surface area (Å²) < 4.78 is 353. The van der Waals surface area contributed by atoms with E-state index in [0.717, 1.165) is 0 Å². The molecule has 0 fully saturated rings. The number of hydrogen-bond acceptors (Lipinski definition) is 8. The number of carbonyl (C=O) groups excluding carboxylic acids is 2. The molecule has 0 saturated carbocycles. The number of ether oxygens (including phenoxy) is 2. The van der Waals surface area contributed by atoms with Crippen LogP contribution in [0.5, 0.6) is 0 Å². The van der Waals surface area contributed by atoms with Gasteiger partial charge < -0.3 is 14.7 Å². The molecule has 0 aliphatic rings. The maximum Gasteiger partial charge on any atom is 1.00 e. The van der Waals surface area contributed by atoms with Crippen LogP contribution in [0.3, 0.4) is 0 Å². The van der Waals surface area contributed by atoms with Crippen molar-refractivity contribution in [1.29, 1.82) is 0 Å². The summed E-state index contributed by atoms with van der Waals surface area (Å²) in [5.41, 5.74) is 0. The number of halogens is 26. The van der Waals surface area contributed by atoms with Crippen LogP contribution in [-0.4, -0.2) is 102 Å². The van der Waals surface area contributed by atoms with Crippen molar-refractivity contribution < 1.29 is 177 Å². The Kier molecular flexibility index (Phi) is 18.1. The van der Waals surface area contributed by atoms with Crippen LogP contribution in [-0.2, 0) is 28.4 Å². The van der Waals surface area contributed by atoms with Crippen LogP contribution in [0.1, 0.15) is 19.3 Å². The quantitative estimate of drug-likeness (QED) is 0.0295. The van der Waals surface area contributed by atoms with Crippen LogP contribution < -0.4 is 34.8 Å². The fourth-order valence-electron chi connectivity index (χ4n) is 3.21. The molecule has 1 atom stereocenters. The maximum absolute atomic E-state index is 13.9. The third-order valence-electron chi connectivity index (χ3n) is 6.43. The molecule has 0 heterocycles. The monoisotopic (exact) mass is 926 g/mol. The Labute approximate surface area is 317 Å².